The van der Waals surface area contributed by atoms with Crippen molar-refractivity contribution in [3.8, 4) is 0 Å². The minimum atomic E-state index is -0.0478. The Morgan fingerprint density at radius 2 is 2.13 bits per heavy atom. The fraction of sp³-hybridized carbons (Fsp3) is 0.455. The number of aliphatic hydroxyl groups is 2. The summed E-state index contributed by atoms with van der Waals surface area (Å²) in [5.74, 6) is 0. The monoisotopic (exact) mass is 246 g/mol. The number of aliphatic hydroxyl groups excluding tert-OH is 2. The van der Waals surface area contributed by atoms with Crippen molar-refractivity contribution in [3.05, 3.63) is 28.8 Å². The maximum absolute atomic E-state index is 9.19. The van der Waals surface area contributed by atoms with Crippen molar-refractivity contribution < 1.29 is 10.2 Å². The second-order valence-corrected chi connectivity index (χ2v) is 5.20. The lowest BCUT2D eigenvalue weighted by Gasteiger charge is -2.13. The molecule has 1 atom stereocenters. The summed E-state index contributed by atoms with van der Waals surface area (Å²) in [4.78, 5) is 0.992. The average Bonchev–Trinajstić information content (AvgIpc) is 2.18. The van der Waals surface area contributed by atoms with E-state index in [1.807, 2.05) is 19.1 Å². The molecule has 0 aliphatic rings. The average molecular weight is 247 g/mol. The summed E-state index contributed by atoms with van der Waals surface area (Å²) in [6, 6.07) is 5.58. The Morgan fingerprint density at radius 3 is 2.73 bits per heavy atom. The van der Waals surface area contributed by atoms with Gasteiger partial charge in [0.25, 0.3) is 0 Å². The van der Waals surface area contributed by atoms with E-state index < -0.39 is 0 Å². The van der Waals surface area contributed by atoms with E-state index in [1.54, 1.807) is 17.8 Å². The van der Waals surface area contributed by atoms with E-state index in [1.165, 1.54) is 0 Å². The van der Waals surface area contributed by atoms with Gasteiger partial charge in [-0.2, -0.15) is 0 Å². The third-order valence-corrected chi connectivity index (χ3v) is 3.73. The van der Waals surface area contributed by atoms with E-state index in [-0.39, 0.29) is 13.2 Å². The molecule has 1 unspecified atom stereocenters. The molecular formula is C11H15ClO2S. The summed E-state index contributed by atoms with van der Waals surface area (Å²) in [6.45, 7) is 2.18. The van der Waals surface area contributed by atoms with Crippen LogP contribution in [0.1, 0.15) is 18.9 Å². The molecule has 0 fully saturated rings. The molecule has 2 N–H and O–H groups in total. The lowest BCUT2D eigenvalue weighted by atomic mass is 10.2. The predicted octanol–water partition coefficient (Wildman–Crippen LogP) is 2.70. The first-order valence-electron chi connectivity index (χ1n) is 4.84. The van der Waals surface area contributed by atoms with Gasteiger partial charge in [0.2, 0.25) is 0 Å². The van der Waals surface area contributed by atoms with Crippen LogP contribution in [0.4, 0.5) is 0 Å². The van der Waals surface area contributed by atoms with E-state index in [0.29, 0.717) is 10.3 Å². The highest BCUT2D eigenvalue weighted by Gasteiger charge is 2.10. The van der Waals surface area contributed by atoms with E-state index in [4.69, 9.17) is 16.7 Å². The summed E-state index contributed by atoms with van der Waals surface area (Å²) in [7, 11) is 0. The number of hydrogen-bond acceptors (Lipinski definition) is 3. The molecule has 0 bridgehead atoms. The normalized spacial score (nSPS) is 12.8. The topological polar surface area (TPSA) is 40.5 Å². The fourth-order valence-corrected chi connectivity index (χ4v) is 2.68. The van der Waals surface area contributed by atoms with Crippen LogP contribution >= 0.6 is 23.4 Å². The zero-order chi connectivity index (χ0) is 11.3. The van der Waals surface area contributed by atoms with Gasteiger partial charge in [-0.3, -0.25) is 0 Å². The highest BCUT2D eigenvalue weighted by Crippen LogP contribution is 2.32. The van der Waals surface area contributed by atoms with Crippen LogP contribution in [0.3, 0.4) is 0 Å². The summed E-state index contributed by atoms with van der Waals surface area (Å²) in [5.41, 5.74) is 0.772. The standard InChI is InChI=1S/C11H15ClO2S/c1-8(5-6-13)15-11-4-2-3-10(12)9(11)7-14/h2-4,8,13-14H,5-7H2,1H3. The molecular weight excluding hydrogens is 232 g/mol. The molecule has 1 rings (SSSR count). The van der Waals surface area contributed by atoms with E-state index in [9.17, 15) is 5.11 Å². The van der Waals surface area contributed by atoms with Gasteiger partial charge >= 0.3 is 0 Å². The fourth-order valence-electron chi connectivity index (χ4n) is 1.26. The minimum Gasteiger partial charge on any atom is -0.396 e. The van der Waals surface area contributed by atoms with E-state index >= 15 is 0 Å². The Kier molecular flexibility index (Phi) is 5.47. The Morgan fingerprint density at radius 1 is 1.40 bits per heavy atom. The van der Waals surface area contributed by atoms with Gasteiger partial charge in [0, 0.05) is 27.3 Å². The highest BCUT2D eigenvalue weighted by atomic mass is 35.5. The lowest BCUT2D eigenvalue weighted by Crippen LogP contribution is -2.00. The van der Waals surface area contributed by atoms with Crippen LogP contribution in [0.5, 0.6) is 0 Å². The molecule has 0 aromatic heterocycles. The Hall–Kier alpha value is -0.220. The maximum Gasteiger partial charge on any atom is 0.0707 e. The first-order valence-corrected chi connectivity index (χ1v) is 6.10. The van der Waals surface area contributed by atoms with Crippen molar-refractivity contribution in [3.63, 3.8) is 0 Å². The molecule has 0 saturated carbocycles. The zero-order valence-corrected chi connectivity index (χ0v) is 10.2. The van der Waals surface area contributed by atoms with Crippen LogP contribution in [0, 0.1) is 0 Å². The quantitative estimate of drug-likeness (QED) is 0.785. The van der Waals surface area contributed by atoms with Gasteiger partial charge < -0.3 is 10.2 Å². The van der Waals surface area contributed by atoms with Gasteiger partial charge in [-0.1, -0.05) is 24.6 Å². The molecule has 15 heavy (non-hydrogen) atoms. The first kappa shape index (κ1) is 12.8. The molecule has 0 aliphatic carbocycles. The van der Waals surface area contributed by atoms with Crippen LogP contribution in [0.25, 0.3) is 0 Å². The SMILES string of the molecule is CC(CCO)Sc1cccc(Cl)c1CO. The van der Waals surface area contributed by atoms with Gasteiger partial charge in [0.05, 0.1) is 6.61 Å². The molecule has 4 heteroatoms. The van der Waals surface area contributed by atoms with E-state index in [0.717, 1.165) is 16.9 Å². The Bertz CT molecular complexity index is 317. The van der Waals surface area contributed by atoms with Crippen LogP contribution in [-0.2, 0) is 6.61 Å². The van der Waals surface area contributed by atoms with Crippen molar-refractivity contribution in [2.24, 2.45) is 0 Å². The van der Waals surface area contributed by atoms with Crippen molar-refractivity contribution in [2.45, 2.75) is 30.1 Å². The van der Waals surface area contributed by atoms with Gasteiger partial charge in [-0.05, 0) is 18.6 Å². The van der Waals surface area contributed by atoms with Crippen LogP contribution in [0.15, 0.2) is 23.1 Å². The maximum atomic E-state index is 9.19. The zero-order valence-electron chi connectivity index (χ0n) is 8.61. The summed E-state index contributed by atoms with van der Waals surface area (Å²) < 4.78 is 0. The van der Waals surface area contributed by atoms with Gasteiger partial charge in [-0.15, -0.1) is 11.8 Å². The molecule has 0 heterocycles. The molecule has 1 aromatic carbocycles. The van der Waals surface area contributed by atoms with Gasteiger partial charge in [0.15, 0.2) is 0 Å². The van der Waals surface area contributed by atoms with Crippen LogP contribution in [0.2, 0.25) is 5.02 Å². The largest absolute Gasteiger partial charge is 0.396 e. The third kappa shape index (κ3) is 3.68. The van der Waals surface area contributed by atoms with Crippen molar-refractivity contribution in [1.29, 1.82) is 0 Å². The summed E-state index contributed by atoms with van der Waals surface area (Å²) in [5, 5.41) is 18.9. The number of halogens is 1. The molecule has 84 valence electrons. The van der Waals surface area contributed by atoms with Gasteiger partial charge in [0.1, 0.15) is 0 Å². The molecule has 1 aromatic rings. The molecule has 0 amide bonds. The number of benzene rings is 1. The molecule has 0 radical (unpaired) electrons. The van der Waals surface area contributed by atoms with Crippen molar-refractivity contribution >= 4 is 23.4 Å². The number of hydrogen-bond donors (Lipinski definition) is 2. The molecule has 0 saturated heterocycles. The predicted molar refractivity (Wildman–Crippen MR) is 64.4 cm³/mol. The van der Waals surface area contributed by atoms with Crippen LogP contribution in [-0.4, -0.2) is 22.1 Å². The highest BCUT2D eigenvalue weighted by molar-refractivity contribution is 8.00. The summed E-state index contributed by atoms with van der Waals surface area (Å²) in [6.07, 6.45) is 0.738. The first-order chi connectivity index (χ1) is 7.19. The number of thioether (sulfide) groups is 1. The van der Waals surface area contributed by atoms with Crippen molar-refractivity contribution in [1.82, 2.24) is 0 Å². The Labute approximate surface area is 99.3 Å². The van der Waals surface area contributed by atoms with Crippen molar-refractivity contribution in [2.75, 3.05) is 6.61 Å². The minimum absolute atomic E-state index is 0.0478. The molecule has 0 aliphatic heterocycles. The number of rotatable bonds is 5. The third-order valence-electron chi connectivity index (χ3n) is 2.10. The molecule has 0 spiro atoms. The second-order valence-electron chi connectivity index (χ2n) is 3.32. The molecule has 2 nitrogen and oxygen atoms in total. The van der Waals surface area contributed by atoms with E-state index in [2.05, 4.69) is 0 Å². The lowest BCUT2D eigenvalue weighted by molar-refractivity contribution is 0.279. The Balaban J connectivity index is 2.80. The summed E-state index contributed by atoms with van der Waals surface area (Å²) >= 11 is 7.60. The smallest absolute Gasteiger partial charge is 0.0707 e. The second kappa shape index (κ2) is 6.38. The van der Waals surface area contributed by atoms with Gasteiger partial charge in [-0.25, -0.2) is 0 Å². The van der Waals surface area contributed by atoms with Crippen LogP contribution < -0.4 is 0 Å².